The molecule has 0 unspecified atom stereocenters. The SMILES string of the molecule is CC.CC(=O)N(C)CCN(C)C.CC(=O)N1CCCC1. The van der Waals surface area contributed by atoms with Crippen LogP contribution in [-0.4, -0.2) is 73.8 Å². The zero-order valence-corrected chi connectivity index (χ0v) is 14.4. The van der Waals surface area contributed by atoms with Gasteiger partial charge in [-0.05, 0) is 26.9 Å². The van der Waals surface area contributed by atoms with Crippen LogP contribution in [0.2, 0.25) is 0 Å². The summed E-state index contributed by atoms with van der Waals surface area (Å²) in [5.41, 5.74) is 0. The van der Waals surface area contributed by atoms with Crippen molar-refractivity contribution in [2.24, 2.45) is 0 Å². The molecule has 0 aromatic carbocycles. The second-order valence-corrected chi connectivity index (χ2v) is 4.96. The normalized spacial score (nSPS) is 13.1. The lowest BCUT2D eigenvalue weighted by Crippen LogP contribution is -2.31. The van der Waals surface area contributed by atoms with Crippen molar-refractivity contribution in [3.8, 4) is 0 Å². The molecule has 0 aliphatic carbocycles. The van der Waals surface area contributed by atoms with Gasteiger partial charge in [-0.25, -0.2) is 0 Å². The number of carbonyl (C=O) groups is 2. The number of likely N-dealkylation sites (tertiary alicyclic amines) is 1. The summed E-state index contributed by atoms with van der Waals surface area (Å²) in [5, 5.41) is 0. The monoisotopic (exact) mass is 287 g/mol. The minimum Gasteiger partial charge on any atom is -0.345 e. The Labute approximate surface area is 124 Å². The standard InChI is InChI=1S/C7H16N2O.C6H11NO.C2H6/c1-7(10)9(4)6-5-8(2)3;1-6(8)7-4-2-3-5-7;1-2/h5-6H2,1-4H3;2-5H2,1H3;1-2H3. The van der Waals surface area contributed by atoms with Crippen LogP contribution in [-0.2, 0) is 9.59 Å². The molecule has 1 heterocycles. The lowest BCUT2D eigenvalue weighted by atomic mass is 10.4. The van der Waals surface area contributed by atoms with Gasteiger partial charge in [-0.3, -0.25) is 9.59 Å². The van der Waals surface area contributed by atoms with Crippen molar-refractivity contribution in [3.05, 3.63) is 0 Å². The molecule has 0 bridgehead atoms. The van der Waals surface area contributed by atoms with E-state index >= 15 is 0 Å². The van der Waals surface area contributed by atoms with E-state index in [0.29, 0.717) is 0 Å². The van der Waals surface area contributed by atoms with Crippen LogP contribution >= 0.6 is 0 Å². The summed E-state index contributed by atoms with van der Waals surface area (Å²) in [5.74, 6) is 0.351. The first-order chi connectivity index (χ1) is 9.34. The van der Waals surface area contributed by atoms with Gasteiger partial charge in [0.05, 0.1) is 0 Å². The first-order valence-corrected chi connectivity index (χ1v) is 7.46. The van der Waals surface area contributed by atoms with Crippen molar-refractivity contribution in [2.45, 2.75) is 40.5 Å². The Hall–Kier alpha value is -1.10. The molecule has 1 saturated heterocycles. The van der Waals surface area contributed by atoms with Crippen LogP contribution in [0.5, 0.6) is 0 Å². The van der Waals surface area contributed by atoms with Gasteiger partial charge in [-0.2, -0.15) is 0 Å². The predicted octanol–water partition coefficient (Wildman–Crippen LogP) is 1.68. The van der Waals surface area contributed by atoms with Crippen molar-refractivity contribution in [2.75, 3.05) is 47.3 Å². The van der Waals surface area contributed by atoms with Crippen molar-refractivity contribution >= 4 is 11.8 Å². The summed E-state index contributed by atoms with van der Waals surface area (Å²) >= 11 is 0. The fourth-order valence-corrected chi connectivity index (χ4v) is 1.54. The fourth-order valence-electron chi connectivity index (χ4n) is 1.54. The number of nitrogens with zero attached hydrogens (tertiary/aromatic N) is 3. The third-order valence-corrected chi connectivity index (χ3v) is 2.97. The second kappa shape index (κ2) is 12.9. The van der Waals surface area contributed by atoms with Gasteiger partial charge in [0.2, 0.25) is 11.8 Å². The van der Waals surface area contributed by atoms with Crippen LogP contribution in [0.3, 0.4) is 0 Å². The average Bonchev–Trinajstić information content (AvgIpc) is 2.93. The van der Waals surface area contributed by atoms with Gasteiger partial charge >= 0.3 is 0 Å². The molecule has 120 valence electrons. The van der Waals surface area contributed by atoms with Crippen LogP contribution in [0.4, 0.5) is 0 Å². The maximum Gasteiger partial charge on any atom is 0.219 e. The molecule has 0 aromatic heterocycles. The smallest absolute Gasteiger partial charge is 0.219 e. The highest BCUT2D eigenvalue weighted by molar-refractivity contribution is 5.73. The molecule has 5 nitrogen and oxygen atoms in total. The summed E-state index contributed by atoms with van der Waals surface area (Å²) in [6.45, 7) is 10.9. The molecule has 1 aliphatic heterocycles. The van der Waals surface area contributed by atoms with Gasteiger partial charge < -0.3 is 14.7 Å². The molecule has 2 amide bonds. The van der Waals surface area contributed by atoms with Crippen LogP contribution in [0.1, 0.15) is 40.5 Å². The molecule has 0 radical (unpaired) electrons. The first kappa shape index (κ1) is 21.2. The second-order valence-electron chi connectivity index (χ2n) is 4.96. The number of hydrogen-bond acceptors (Lipinski definition) is 3. The van der Waals surface area contributed by atoms with E-state index in [0.717, 1.165) is 26.2 Å². The highest BCUT2D eigenvalue weighted by Crippen LogP contribution is 2.06. The summed E-state index contributed by atoms with van der Waals surface area (Å²) < 4.78 is 0. The molecular formula is C15H33N3O2. The molecular weight excluding hydrogens is 254 g/mol. The molecule has 0 spiro atoms. The van der Waals surface area contributed by atoms with Gasteiger partial charge in [0, 0.05) is 47.1 Å². The van der Waals surface area contributed by atoms with Gasteiger partial charge in [0.15, 0.2) is 0 Å². The maximum absolute atomic E-state index is 10.7. The maximum atomic E-state index is 10.7. The summed E-state index contributed by atoms with van der Waals surface area (Å²) in [6.07, 6.45) is 2.39. The van der Waals surface area contributed by atoms with Crippen LogP contribution in [0.15, 0.2) is 0 Å². The van der Waals surface area contributed by atoms with Gasteiger partial charge in [-0.15, -0.1) is 0 Å². The van der Waals surface area contributed by atoms with Crippen molar-refractivity contribution < 1.29 is 9.59 Å². The molecule has 0 atom stereocenters. The molecule has 20 heavy (non-hydrogen) atoms. The summed E-state index contributed by atoms with van der Waals surface area (Å²) in [6, 6.07) is 0. The minimum atomic E-state index is 0.127. The van der Waals surface area contributed by atoms with E-state index in [9.17, 15) is 9.59 Å². The van der Waals surface area contributed by atoms with E-state index in [1.165, 1.54) is 12.8 Å². The fraction of sp³-hybridized carbons (Fsp3) is 0.867. The van der Waals surface area contributed by atoms with E-state index in [1.807, 2.05) is 39.9 Å². The Balaban J connectivity index is 0. The third kappa shape index (κ3) is 12.0. The minimum absolute atomic E-state index is 0.127. The van der Waals surface area contributed by atoms with Crippen molar-refractivity contribution in [3.63, 3.8) is 0 Å². The van der Waals surface area contributed by atoms with E-state index in [1.54, 1.807) is 18.7 Å². The zero-order chi connectivity index (χ0) is 16.1. The molecule has 0 saturated carbocycles. The molecule has 1 aliphatic rings. The predicted molar refractivity (Wildman–Crippen MR) is 84.7 cm³/mol. The summed E-state index contributed by atoms with van der Waals surface area (Å²) in [4.78, 5) is 26.9. The van der Waals surface area contributed by atoms with Crippen LogP contribution < -0.4 is 0 Å². The quantitative estimate of drug-likeness (QED) is 0.793. The van der Waals surface area contributed by atoms with Crippen molar-refractivity contribution in [1.82, 2.24) is 14.7 Å². The molecule has 5 heteroatoms. The Bertz CT molecular complexity index is 262. The van der Waals surface area contributed by atoms with Gasteiger partial charge in [-0.1, -0.05) is 13.8 Å². The van der Waals surface area contributed by atoms with E-state index in [4.69, 9.17) is 0 Å². The Morgan fingerprint density at radius 1 is 0.950 bits per heavy atom. The number of hydrogen-bond donors (Lipinski definition) is 0. The molecule has 0 N–H and O–H groups in total. The van der Waals surface area contributed by atoms with Gasteiger partial charge in [0.25, 0.3) is 0 Å². The third-order valence-electron chi connectivity index (χ3n) is 2.97. The highest BCUT2D eigenvalue weighted by Gasteiger charge is 2.12. The van der Waals surface area contributed by atoms with E-state index < -0.39 is 0 Å². The Kier molecular flexibility index (Phi) is 13.7. The van der Waals surface area contributed by atoms with E-state index in [2.05, 4.69) is 4.90 Å². The zero-order valence-electron chi connectivity index (χ0n) is 14.4. The first-order valence-electron chi connectivity index (χ1n) is 7.46. The number of amides is 2. The molecule has 1 fully saturated rings. The molecule has 0 aromatic rings. The van der Waals surface area contributed by atoms with Gasteiger partial charge in [0.1, 0.15) is 0 Å². The number of carbonyl (C=O) groups excluding carboxylic acids is 2. The largest absolute Gasteiger partial charge is 0.345 e. The number of rotatable bonds is 3. The Morgan fingerprint density at radius 3 is 1.65 bits per heavy atom. The summed E-state index contributed by atoms with van der Waals surface area (Å²) in [7, 11) is 5.80. The Morgan fingerprint density at radius 2 is 1.40 bits per heavy atom. The lowest BCUT2D eigenvalue weighted by Gasteiger charge is -2.17. The average molecular weight is 287 g/mol. The van der Waals surface area contributed by atoms with Crippen LogP contribution in [0.25, 0.3) is 0 Å². The van der Waals surface area contributed by atoms with Crippen molar-refractivity contribution in [1.29, 1.82) is 0 Å². The lowest BCUT2D eigenvalue weighted by molar-refractivity contribution is -0.128. The highest BCUT2D eigenvalue weighted by atomic mass is 16.2. The van der Waals surface area contributed by atoms with E-state index in [-0.39, 0.29) is 11.8 Å². The number of likely N-dealkylation sites (N-methyl/N-ethyl adjacent to an activating group) is 2. The topological polar surface area (TPSA) is 43.9 Å². The molecule has 1 rings (SSSR count). The van der Waals surface area contributed by atoms with Crippen LogP contribution in [0, 0.1) is 0 Å².